The average molecular weight is 223 g/mol. The quantitative estimate of drug-likeness (QED) is 0.801. The molecule has 2 N–H and O–H groups in total. The van der Waals surface area contributed by atoms with E-state index in [2.05, 4.69) is 5.32 Å². The summed E-state index contributed by atoms with van der Waals surface area (Å²) in [6.45, 7) is 1.82. The third-order valence-electron chi connectivity index (χ3n) is 3.54. The molecular weight excluding hydrogens is 205 g/mol. The zero-order chi connectivity index (χ0) is 11.4. The number of halogens is 1. The van der Waals surface area contributed by atoms with Crippen LogP contribution in [0.25, 0.3) is 0 Å². The van der Waals surface area contributed by atoms with Crippen LogP contribution in [0.4, 0.5) is 4.39 Å². The van der Waals surface area contributed by atoms with Gasteiger partial charge in [-0.25, -0.2) is 4.39 Å². The molecule has 3 heteroatoms. The Bertz CT molecular complexity index is 346. The van der Waals surface area contributed by atoms with E-state index < -0.39 is 5.41 Å². The van der Waals surface area contributed by atoms with Crippen molar-refractivity contribution in [3.8, 4) is 0 Å². The molecule has 0 bridgehead atoms. The molecule has 1 fully saturated rings. The number of benzene rings is 1. The average Bonchev–Trinajstić information content (AvgIpc) is 2.56. The van der Waals surface area contributed by atoms with Crippen LogP contribution in [-0.2, 0) is 5.41 Å². The van der Waals surface area contributed by atoms with Crippen LogP contribution in [0.1, 0.15) is 24.8 Å². The minimum Gasteiger partial charge on any atom is -0.395 e. The fraction of sp³-hybridized carbons (Fsp3) is 0.538. The second-order valence-electron chi connectivity index (χ2n) is 4.52. The summed E-state index contributed by atoms with van der Waals surface area (Å²) in [5.74, 6) is -0.196. The number of aliphatic hydroxyl groups is 1. The van der Waals surface area contributed by atoms with E-state index >= 15 is 0 Å². The minimum atomic E-state index is -0.394. The van der Waals surface area contributed by atoms with Gasteiger partial charge in [-0.2, -0.15) is 0 Å². The van der Waals surface area contributed by atoms with E-state index in [0.717, 1.165) is 32.4 Å². The van der Waals surface area contributed by atoms with Crippen molar-refractivity contribution in [2.24, 2.45) is 0 Å². The second-order valence-corrected chi connectivity index (χ2v) is 4.52. The third kappa shape index (κ3) is 2.11. The Labute approximate surface area is 95.5 Å². The second kappa shape index (κ2) is 4.93. The number of aliphatic hydroxyl groups excluding tert-OH is 1. The van der Waals surface area contributed by atoms with Crippen molar-refractivity contribution in [2.45, 2.75) is 24.7 Å². The van der Waals surface area contributed by atoms with E-state index in [0.29, 0.717) is 5.56 Å². The molecule has 88 valence electrons. The summed E-state index contributed by atoms with van der Waals surface area (Å²) in [5.41, 5.74) is 0.274. The van der Waals surface area contributed by atoms with Crippen molar-refractivity contribution in [3.63, 3.8) is 0 Å². The highest BCUT2D eigenvalue weighted by Gasteiger charge is 2.34. The van der Waals surface area contributed by atoms with Crippen LogP contribution in [0.3, 0.4) is 0 Å². The van der Waals surface area contributed by atoms with Crippen LogP contribution >= 0.6 is 0 Å². The topological polar surface area (TPSA) is 32.3 Å². The molecule has 1 aliphatic rings. The molecule has 1 aromatic carbocycles. The van der Waals surface area contributed by atoms with Crippen molar-refractivity contribution in [1.82, 2.24) is 5.32 Å². The Morgan fingerprint density at radius 1 is 1.25 bits per heavy atom. The Kier molecular flexibility index (Phi) is 3.56. The molecule has 1 aromatic rings. The van der Waals surface area contributed by atoms with Gasteiger partial charge >= 0.3 is 0 Å². The van der Waals surface area contributed by atoms with E-state index in [4.69, 9.17) is 0 Å². The van der Waals surface area contributed by atoms with Gasteiger partial charge in [-0.05, 0) is 44.0 Å². The molecule has 0 saturated carbocycles. The standard InChI is InChI=1S/C13H18FNO/c14-12-5-2-1-4-11(12)13(10-16)6-3-8-15-9-7-13/h1-2,4-5,15-16H,3,6-10H2. The number of hydrogen-bond donors (Lipinski definition) is 2. The molecule has 1 aliphatic heterocycles. The van der Waals surface area contributed by atoms with Crippen molar-refractivity contribution in [1.29, 1.82) is 0 Å². The highest BCUT2D eigenvalue weighted by Crippen LogP contribution is 2.35. The third-order valence-corrected chi connectivity index (χ3v) is 3.54. The lowest BCUT2D eigenvalue weighted by molar-refractivity contribution is 0.175. The highest BCUT2D eigenvalue weighted by molar-refractivity contribution is 5.27. The molecule has 1 heterocycles. The van der Waals surface area contributed by atoms with E-state index in [9.17, 15) is 9.50 Å². The summed E-state index contributed by atoms with van der Waals surface area (Å²) in [6, 6.07) is 6.81. The molecule has 1 saturated heterocycles. The van der Waals surface area contributed by atoms with Crippen molar-refractivity contribution in [3.05, 3.63) is 35.6 Å². The van der Waals surface area contributed by atoms with Crippen LogP contribution in [0, 0.1) is 5.82 Å². The smallest absolute Gasteiger partial charge is 0.127 e. The molecular formula is C13H18FNO. The van der Waals surface area contributed by atoms with Crippen molar-refractivity contribution in [2.75, 3.05) is 19.7 Å². The van der Waals surface area contributed by atoms with Crippen LogP contribution in [-0.4, -0.2) is 24.8 Å². The van der Waals surface area contributed by atoms with Crippen LogP contribution in [0.2, 0.25) is 0 Å². The fourth-order valence-electron chi connectivity index (χ4n) is 2.53. The zero-order valence-electron chi connectivity index (χ0n) is 9.38. The Hall–Kier alpha value is -0.930. The lowest BCUT2D eigenvalue weighted by atomic mass is 9.75. The molecule has 0 spiro atoms. The largest absolute Gasteiger partial charge is 0.395 e. The maximum atomic E-state index is 13.8. The Morgan fingerprint density at radius 2 is 2.06 bits per heavy atom. The van der Waals surface area contributed by atoms with E-state index in [1.165, 1.54) is 6.07 Å². The van der Waals surface area contributed by atoms with Gasteiger partial charge in [0.15, 0.2) is 0 Å². The number of hydrogen-bond acceptors (Lipinski definition) is 2. The van der Waals surface area contributed by atoms with Gasteiger partial charge in [-0.3, -0.25) is 0 Å². The summed E-state index contributed by atoms with van der Waals surface area (Å²) in [7, 11) is 0. The van der Waals surface area contributed by atoms with Gasteiger partial charge in [0.05, 0.1) is 6.61 Å². The summed E-state index contributed by atoms with van der Waals surface area (Å²) < 4.78 is 13.8. The predicted octanol–water partition coefficient (Wildman–Crippen LogP) is 1.83. The first-order valence-corrected chi connectivity index (χ1v) is 5.85. The fourth-order valence-corrected chi connectivity index (χ4v) is 2.53. The molecule has 2 nitrogen and oxygen atoms in total. The van der Waals surface area contributed by atoms with Gasteiger partial charge in [0.1, 0.15) is 5.82 Å². The predicted molar refractivity (Wildman–Crippen MR) is 61.9 cm³/mol. The summed E-state index contributed by atoms with van der Waals surface area (Å²) in [5, 5.41) is 12.9. The van der Waals surface area contributed by atoms with E-state index in [-0.39, 0.29) is 12.4 Å². The normalized spacial score (nSPS) is 26.4. The minimum absolute atomic E-state index is 0.0234. The maximum Gasteiger partial charge on any atom is 0.127 e. The summed E-state index contributed by atoms with van der Waals surface area (Å²) >= 11 is 0. The number of rotatable bonds is 2. The highest BCUT2D eigenvalue weighted by atomic mass is 19.1. The Morgan fingerprint density at radius 3 is 2.81 bits per heavy atom. The molecule has 0 aromatic heterocycles. The van der Waals surface area contributed by atoms with Crippen LogP contribution in [0.15, 0.2) is 24.3 Å². The zero-order valence-corrected chi connectivity index (χ0v) is 9.38. The maximum absolute atomic E-state index is 13.8. The van der Waals surface area contributed by atoms with Crippen LogP contribution < -0.4 is 5.32 Å². The Balaban J connectivity index is 2.36. The molecule has 0 radical (unpaired) electrons. The van der Waals surface area contributed by atoms with E-state index in [1.807, 2.05) is 6.07 Å². The molecule has 16 heavy (non-hydrogen) atoms. The van der Waals surface area contributed by atoms with Gasteiger partial charge in [-0.15, -0.1) is 0 Å². The molecule has 1 unspecified atom stereocenters. The van der Waals surface area contributed by atoms with Gasteiger partial charge in [0.25, 0.3) is 0 Å². The van der Waals surface area contributed by atoms with Gasteiger partial charge in [0.2, 0.25) is 0 Å². The van der Waals surface area contributed by atoms with Gasteiger partial charge < -0.3 is 10.4 Å². The van der Waals surface area contributed by atoms with Gasteiger partial charge in [0, 0.05) is 5.41 Å². The molecule has 0 aliphatic carbocycles. The van der Waals surface area contributed by atoms with Gasteiger partial charge in [-0.1, -0.05) is 18.2 Å². The first-order valence-electron chi connectivity index (χ1n) is 5.85. The molecule has 0 amide bonds. The van der Waals surface area contributed by atoms with Crippen molar-refractivity contribution < 1.29 is 9.50 Å². The SMILES string of the molecule is OCC1(c2ccccc2F)CCCNCC1. The summed E-state index contributed by atoms with van der Waals surface area (Å²) in [4.78, 5) is 0. The lowest BCUT2D eigenvalue weighted by Gasteiger charge is -2.31. The van der Waals surface area contributed by atoms with Crippen LogP contribution in [0.5, 0.6) is 0 Å². The van der Waals surface area contributed by atoms with Crippen molar-refractivity contribution >= 4 is 0 Å². The monoisotopic (exact) mass is 223 g/mol. The molecule has 1 atom stereocenters. The molecule has 2 rings (SSSR count). The first-order chi connectivity index (χ1) is 7.78. The summed E-state index contributed by atoms with van der Waals surface area (Å²) in [6.07, 6.45) is 2.62. The lowest BCUT2D eigenvalue weighted by Crippen LogP contribution is -2.32. The number of nitrogens with one attached hydrogen (secondary N) is 1. The first kappa shape index (κ1) is 11.6. The van der Waals surface area contributed by atoms with E-state index in [1.54, 1.807) is 12.1 Å².